The van der Waals surface area contributed by atoms with E-state index in [0.29, 0.717) is 6.54 Å². The maximum Gasteiger partial charge on any atom is 0.356 e. The Kier molecular flexibility index (Phi) is 5.47. The molecule has 0 spiro atoms. The van der Waals surface area contributed by atoms with Crippen molar-refractivity contribution in [3.8, 4) is 0 Å². The largest absolute Gasteiger partial charge is 0.476 e. The number of hydrogen-bond acceptors (Lipinski definition) is 5. The summed E-state index contributed by atoms with van der Waals surface area (Å²) >= 11 is 0. The summed E-state index contributed by atoms with van der Waals surface area (Å²) < 4.78 is 0. The van der Waals surface area contributed by atoms with Crippen molar-refractivity contribution in [2.75, 3.05) is 44.6 Å². The van der Waals surface area contributed by atoms with Gasteiger partial charge in [0.05, 0.1) is 5.69 Å². The fourth-order valence-corrected chi connectivity index (χ4v) is 2.11. The zero-order chi connectivity index (χ0) is 15.1. The number of carbonyl (C=O) groups excluding carboxylic acids is 1. The van der Waals surface area contributed by atoms with Crippen LogP contribution in [0, 0.1) is 0 Å². The van der Waals surface area contributed by atoms with Crippen LogP contribution in [0.3, 0.4) is 0 Å². The molecule has 114 valence electrons. The van der Waals surface area contributed by atoms with Gasteiger partial charge in [0.15, 0.2) is 5.69 Å². The maximum atomic E-state index is 11.8. The molecule has 4 N–H and O–H groups in total. The van der Waals surface area contributed by atoms with Gasteiger partial charge in [-0.2, -0.15) is 0 Å². The van der Waals surface area contributed by atoms with Crippen molar-refractivity contribution in [3.05, 3.63) is 24.0 Å². The predicted molar refractivity (Wildman–Crippen MR) is 77.5 cm³/mol. The lowest BCUT2D eigenvalue weighted by molar-refractivity contribution is 0.0691. The number of piperazine rings is 1. The quantitative estimate of drug-likeness (QED) is 0.599. The van der Waals surface area contributed by atoms with Crippen molar-refractivity contribution in [3.63, 3.8) is 0 Å². The standard InChI is InChI=1S/C13H19N5O3/c19-12(20)11-10(2-1-3-15-11)17-13(21)16-6-9-18-7-4-14-5-8-18/h1-3,14H,4-9H2,(H,19,20)(H2,16,17,21). The van der Waals surface area contributed by atoms with Gasteiger partial charge in [-0.05, 0) is 12.1 Å². The van der Waals surface area contributed by atoms with Crippen LogP contribution in [0.25, 0.3) is 0 Å². The summed E-state index contributed by atoms with van der Waals surface area (Å²) in [6.45, 7) is 5.14. The first-order valence-electron chi connectivity index (χ1n) is 6.83. The molecule has 8 nitrogen and oxygen atoms in total. The first-order chi connectivity index (χ1) is 10.2. The number of rotatable bonds is 5. The number of aromatic carboxylic acids is 1. The van der Waals surface area contributed by atoms with Gasteiger partial charge >= 0.3 is 12.0 Å². The zero-order valence-electron chi connectivity index (χ0n) is 11.6. The molecule has 8 heteroatoms. The molecule has 0 aromatic carbocycles. The van der Waals surface area contributed by atoms with Crippen LogP contribution in [0.2, 0.25) is 0 Å². The lowest BCUT2D eigenvalue weighted by Gasteiger charge is -2.27. The number of nitrogens with one attached hydrogen (secondary N) is 3. The van der Waals surface area contributed by atoms with Crippen LogP contribution in [0.1, 0.15) is 10.5 Å². The minimum atomic E-state index is -1.17. The molecule has 0 saturated carbocycles. The summed E-state index contributed by atoms with van der Waals surface area (Å²) in [7, 11) is 0. The van der Waals surface area contributed by atoms with Gasteiger partial charge in [0.2, 0.25) is 0 Å². The van der Waals surface area contributed by atoms with E-state index in [9.17, 15) is 9.59 Å². The number of urea groups is 1. The van der Waals surface area contributed by atoms with E-state index in [4.69, 9.17) is 5.11 Å². The normalized spacial score (nSPS) is 15.4. The minimum Gasteiger partial charge on any atom is -0.476 e. The van der Waals surface area contributed by atoms with E-state index in [0.717, 1.165) is 32.7 Å². The molecule has 21 heavy (non-hydrogen) atoms. The number of carbonyl (C=O) groups is 2. The fourth-order valence-electron chi connectivity index (χ4n) is 2.11. The third kappa shape index (κ3) is 4.69. The van der Waals surface area contributed by atoms with Crippen LogP contribution in [0.4, 0.5) is 10.5 Å². The molecule has 0 radical (unpaired) electrons. The molecule has 0 atom stereocenters. The molecular weight excluding hydrogens is 274 g/mol. The average Bonchev–Trinajstić information content (AvgIpc) is 2.48. The molecule has 1 aliphatic heterocycles. The van der Waals surface area contributed by atoms with Crippen molar-refractivity contribution >= 4 is 17.7 Å². The van der Waals surface area contributed by atoms with E-state index in [2.05, 4.69) is 25.8 Å². The van der Waals surface area contributed by atoms with Gasteiger partial charge in [0.1, 0.15) is 0 Å². The number of anilines is 1. The van der Waals surface area contributed by atoms with Gasteiger partial charge < -0.3 is 21.1 Å². The molecule has 1 aliphatic rings. The third-order valence-corrected chi connectivity index (χ3v) is 3.18. The smallest absolute Gasteiger partial charge is 0.356 e. The number of carboxylic acid groups (broad SMARTS) is 1. The van der Waals surface area contributed by atoms with E-state index in [1.54, 1.807) is 6.07 Å². The Morgan fingerprint density at radius 3 is 2.86 bits per heavy atom. The zero-order valence-corrected chi connectivity index (χ0v) is 11.6. The van der Waals surface area contributed by atoms with Gasteiger partial charge in [0, 0.05) is 45.5 Å². The van der Waals surface area contributed by atoms with Crippen molar-refractivity contribution in [2.45, 2.75) is 0 Å². The number of amides is 2. The molecule has 2 rings (SSSR count). The van der Waals surface area contributed by atoms with Crippen LogP contribution in [0.15, 0.2) is 18.3 Å². The van der Waals surface area contributed by atoms with Crippen LogP contribution in [-0.2, 0) is 0 Å². The Morgan fingerprint density at radius 2 is 2.14 bits per heavy atom. The van der Waals surface area contributed by atoms with Crippen molar-refractivity contribution < 1.29 is 14.7 Å². The van der Waals surface area contributed by atoms with E-state index in [1.165, 1.54) is 12.3 Å². The van der Waals surface area contributed by atoms with Gasteiger partial charge in [-0.25, -0.2) is 14.6 Å². The molecular formula is C13H19N5O3. The number of aromatic nitrogens is 1. The Hall–Kier alpha value is -2.19. The fraction of sp³-hybridized carbons (Fsp3) is 0.462. The van der Waals surface area contributed by atoms with Gasteiger partial charge in [-0.3, -0.25) is 4.90 Å². The molecule has 1 fully saturated rings. The Labute approximate surface area is 122 Å². The molecule has 1 saturated heterocycles. The summed E-state index contributed by atoms with van der Waals surface area (Å²) in [5.41, 5.74) is 0.0134. The SMILES string of the molecule is O=C(NCCN1CCNCC1)Nc1cccnc1C(=O)O. The Morgan fingerprint density at radius 1 is 1.38 bits per heavy atom. The molecule has 1 aromatic rings. The Balaban J connectivity index is 1.78. The highest BCUT2D eigenvalue weighted by atomic mass is 16.4. The second-order valence-corrected chi connectivity index (χ2v) is 4.68. The summed E-state index contributed by atoms with van der Waals surface area (Å²) in [6.07, 6.45) is 1.37. The summed E-state index contributed by atoms with van der Waals surface area (Å²) in [5, 5.41) is 17.5. The number of pyridine rings is 1. The van der Waals surface area contributed by atoms with Crippen LogP contribution in [0.5, 0.6) is 0 Å². The highest BCUT2D eigenvalue weighted by molar-refractivity contribution is 5.98. The van der Waals surface area contributed by atoms with Gasteiger partial charge in [-0.15, -0.1) is 0 Å². The highest BCUT2D eigenvalue weighted by Crippen LogP contribution is 2.11. The molecule has 1 aromatic heterocycles. The Bertz CT molecular complexity index is 502. The molecule has 2 amide bonds. The topological polar surface area (TPSA) is 107 Å². The molecule has 2 heterocycles. The van der Waals surface area contributed by atoms with Crippen LogP contribution < -0.4 is 16.0 Å². The summed E-state index contributed by atoms with van der Waals surface area (Å²) in [4.78, 5) is 28.7. The number of nitrogens with zero attached hydrogens (tertiary/aromatic N) is 2. The van der Waals surface area contributed by atoms with Crippen LogP contribution >= 0.6 is 0 Å². The average molecular weight is 293 g/mol. The van der Waals surface area contributed by atoms with E-state index in [-0.39, 0.29) is 11.4 Å². The van der Waals surface area contributed by atoms with Gasteiger partial charge in [-0.1, -0.05) is 0 Å². The monoisotopic (exact) mass is 293 g/mol. The molecule has 0 bridgehead atoms. The lowest BCUT2D eigenvalue weighted by atomic mass is 10.3. The van der Waals surface area contributed by atoms with Gasteiger partial charge in [0.25, 0.3) is 0 Å². The predicted octanol–water partition coefficient (Wildman–Crippen LogP) is -0.193. The lowest BCUT2D eigenvalue weighted by Crippen LogP contribution is -2.46. The van der Waals surface area contributed by atoms with Crippen molar-refractivity contribution in [1.29, 1.82) is 0 Å². The first-order valence-corrected chi connectivity index (χ1v) is 6.83. The van der Waals surface area contributed by atoms with E-state index >= 15 is 0 Å². The van der Waals surface area contributed by atoms with Crippen molar-refractivity contribution in [1.82, 2.24) is 20.5 Å². The first kappa shape index (κ1) is 15.2. The van der Waals surface area contributed by atoms with E-state index in [1.807, 2.05) is 0 Å². The van der Waals surface area contributed by atoms with Crippen molar-refractivity contribution in [2.24, 2.45) is 0 Å². The number of carboxylic acids is 1. The second kappa shape index (κ2) is 7.55. The third-order valence-electron chi connectivity index (χ3n) is 3.18. The summed E-state index contributed by atoms with van der Waals surface area (Å²) in [6, 6.07) is 2.65. The highest BCUT2D eigenvalue weighted by Gasteiger charge is 2.13. The van der Waals surface area contributed by atoms with Crippen LogP contribution in [-0.4, -0.2) is 66.3 Å². The molecule has 0 aliphatic carbocycles. The van der Waals surface area contributed by atoms with E-state index < -0.39 is 12.0 Å². The maximum absolute atomic E-state index is 11.8. The number of hydrogen-bond donors (Lipinski definition) is 4. The minimum absolute atomic E-state index is 0.172. The molecule has 0 unspecified atom stereocenters. The second-order valence-electron chi connectivity index (χ2n) is 4.68. The summed E-state index contributed by atoms with van der Waals surface area (Å²) in [5.74, 6) is -1.17.